The lowest BCUT2D eigenvalue weighted by molar-refractivity contribution is 0.308. The molecule has 0 saturated heterocycles. The van der Waals surface area contributed by atoms with E-state index in [0.29, 0.717) is 6.04 Å². The van der Waals surface area contributed by atoms with Crippen molar-refractivity contribution in [1.82, 2.24) is 15.2 Å². The van der Waals surface area contributed by atoms with Gasteiger partial charge in [-0.3, -0.25) is 0 Å². The van der Waals surface area contributed by atoms with Crippen LogP contribution in [-0.4, -0.2) is 36.1 Å². The highest BCUT2D eigenvalue weighted by atomic mass is 32.1. The highest BCUT2D eigenvalue weighted by Crippen LogP contribution is 2.25. The van der Waals surface area contributed by atoms with Gasteiger partial charge in [0.1, 0.15) is 0 Å². The Labute approximate surface area is 116 Å². The fourth-order valence-corrected chi connectivity index (χ4v) is 3.25. The number of aromatic nitrogens is 1. The highest BCUT2D eigenvalue weighted by molar-refractivity contribution is 7.11. The van der Waals surface area contributed by atoms with Crippen LogP contribution in [0.5, 0.6) is 0 Å². The van der Waals surface area contributed by atoms with Crippen LogP contribution in [0.4, 0.5) is 0 Å². The summed E-state index contributed by atoms with van der Waals surface area (Å²) in [6, 6.07) is 0.426. The molecule has 1 atom stereocenters. The van der Waals surface area contributed by atoms with E-state index in [1.807, 2.05) is 11.3 Å². The van der Waals surface area contributed by atoms with Gasteiger partial charge in [-0.05, 0) is 33.5 Å². The summed E-state index contributed by atoms with van der Waals surface area (Å²) < 4.78 is 0. The van der Waals surface area contributed by atoms with Crippen LogP contribution in [0.3, 0.4) is 0 Å². The molecule has 1 heterocycles. The molecule has 0 aliphatic rings. The number of hydrogen-bond donors (Lipinski definition) is 1. The van der Waals surface area contributed by atoms with E-state index < -0.39 is 0 Å². The molecule has 1 unspecified atom stereocenters. The maximum Gasteiger partial charge on any atom is 0.0944 e. The Balaban J connectivity index is 2.60. The van der Waals surface area contributed by atoms with Crippen LogP contribution in [0.15, 0.2) is 0 Å². The van der Waals surface area contributed by atoms with Crippen molar-refractivity contribution in [2.45, 2.75) is 47.1 Å². The average molecular weight is 269 g/mol. The van der Waals surface area contributed by atoms with Gasteiger partial charge >= 0.3 is 0 Å². The maximum atomic E-state index is 4.71. The minimum Gasteiger partial charge on any atom is -0.310 e. The molecule has 4 heteroatoms. The monoisotopic (exact) mass is 269 g/mol. The zero-order chi connectivity index (χ0) is 13.5. The van der Waals surface area contributed by atoms with Gasteiger partial charge in [0, 0.05) is 23.9 Å². The number of nitrogens with zero attached hydrogens (tertiary/aromatic N) is 2. The number of hydrogen-bond acceptors (Lipinski definition) is 4. The van der Waals surface area contributed by atoms with Crippen LogP contribution in [0.25, 0.3) is 0 Å². The quantitative estimate of drug-likeness (QED) is 0.786. The summed E-state index contributed by atoms with van der Waals surface area (Å²) in [6.45, 7) is 15.3. The largest absolute Gasteiger partial charge is 0.310 e. The summed E-state index contributed by atoms with van der Waals surface area (Å²) in [6.07, 6.45) is 1.08. The summed E-state index contributed by atoms with van der Waals surface area (Å²) in [4.78, 5) is 8.55. The molecule has 0 fully saturated rings. The fraction of sp³-hybridized carbons (Fsp3) is 0.786. The molecule has 1 aromatic rings. The second kappa shape index (κ2) is 7.87. The molecule has 0 aliphatic heterocycles. The Morgan fingerprint density at radius 3 is 2.50 bits per heavy atom. The molecule has 104 valence electrons. The topological polar surface area (TPSA) is 28.2 Å². The maximum absolute atomic E-state index is 4.71. The molecule has 0 saturated carbocycles. The van der Waals surface area contributed by atoms with Gasteiger partial charge in [-0.2, -0.15) is 0 Å². The van der Waals surface area contributed by atoms with Gasteiger partial charge in [-0.1, -0.05) is 20.8 Å². The van der Waals surface area contributed by atoms with Crippen molar-refractivity contribution in [2.24, 2.45) is 0 Å². The van der Waals surface area contributed by atoms with Gasteiger partial charge in [0.15, 0.2) is 0 Å². The Kier molecular flexibility index (Phi) is 6.82. The lowest BCUT2D eigenvalue weighted by Crippen LogP contribution is -2.25. The minimum atomic E-state index is 0.426. The minimum absolute atomic E-state index is 0.426. The normalized spacial score (nSPS) is 13.2. The molecule has 0 amide bonds. The zero-order valence-electron chi connectivity index (χ0n) is 12.4. The van der Waals surface area contributed by atoms with E-state index in [4.69, 9.17) is 4.98 Å². The van der Waals surface area contributed by atoms with Crippen molar-refractivity contribution in [3.8, 4) is 0 Å². The summed E-state index contributed by atoms with van der Waals surface area (Å²) in [7, 11) is 0. The van der Waals surface area contributed by atoms with E-state index >= 15 is 0 Å². The number of aryl methyl sites for hydroxylation is 1. The highest BCUT2D eigenvalue weighted by Gasteiger charge is 2.13. The molecule has 1 aromatic heterocycles. The van der Waals surface area contributed by atoms with Gasteiger partial charge in [-0.15, -0.1) is 11.3 Å². The SMILES string of the molecule is CCNC(C)c1sc(CCN(CC)CC)nc1C. The van der Waals surface area contributed by atoms with Crippen LogP contribution in [0, 0.1) is 6.92 Å². The van der Waals surface area contributed by atoms with E-state index in [9.17, 15) is 0 Å². The van der Waals surface area contributed by atoms with Crippen LogP contribution < -0.4 is 5.32 Å². The number of thiazole rings is 1. The first-order valence-corrected chi connectivity index (χ1v) is 7.85. The zero-order valence-corrected chi connectivity index (χ0v) is 13.2. The lowest BCUT2D eigenvalue weighted by atomic mass is 10.2. The number of rotatable bonds is 8. The number of nitrogens with one attached hydrogen (secondary N) is 1. The second-order valence-corrected chi connectivity index (χ2v) is 5.73. The third kappa shape index (κ3) is 4.34. The fourth-order valence-electron chi connectivity index (χ4n) is 2.17. The van der Waals surface area contributed by atoms with E-state index in [1.165, 1.54) is 15.6 Å². The molecule has 18 heavy (non-hydrogen) atoms. The van der Waals surface area contributed by atoms with Crippen LogP contribution >= 0.6 is 11.3 Å². The molecular weight excluding hydrogens is 242 g/mol. The number of likely N-dealkylation sites (N-methyl/N-ethyl adjacent to an activating group) is 1. The predicted octanol–water partition coefficient (Wildman–Crippen LogP) is 3.01. The Hall–Kier alpha value is -0.450. The van der Waals surface area contributed by atoms with Crippen molar-refractivity contribution >= 4 is 11.3 Å². The Morgan fingerprint density at radius 1 is 1.28 bits per heavy atom. The summed E-state index contributed by atoms with van der Waals surface area (Å²) in [5, 5.41) is 4.74. The Morgan fingerprint density at radius 2 is 1.94 bits per heavy atom. The molecule has 0 aliphatic carbocycles. The van der Waals surface area contributed by atoms with Crippen LogP contribution in [0.1, 0.15) is 49.3 Å². The van der Waals surface area contributed by atoms with E-state index in [1.54, 1.807) is 0 Å². The van der Waals surface area contributed by atoms with Gasteiger partial charge in [0.05, 0.1) is 10.7 Å². The van der Waals surface area contributed by atoms with Gasteiger partial charge in [-0.25, -0.2) is 4.98 Å². The average Bonchev–Trinajstić information content (AvgIpc) is 2.72. The lowest BCUT2D eigenvalue weighted by Gasteiger charge is -2.16. The summed E-state index contributed by atoms with van der Waals surface area (Å²) in [5.41, 5.74) is 1.20. The van der Waals surface area contributed by atoms with Crippen molar-refractivity contribution in [3.63, 3.8) is 0 Å². The first kappa shape index (κ1) is 15.6. The van der Waals surface area contributed by atoms with E-state index in [-0.39, 0.29) is 0 Å². The van der Waals surface area contributed by atoms with Crippen molar-refractivity contribution in [1.29, 1.82) is 0 Å². The standard InChI is InChI=1S/C14H27N3S/c1-6-15-11(4)14-12(5)16-13(18-14)9-10-17(7-2)8-3/h11,15H,6-10H2,1-5H3. The first-order chi connectivity index (χ1) is 8.62. The molecule has 0 spiro atoms. The van der Waals surface area contributed by atoms with Gasteiger partial charge < -0.3 is 10.2 Å². The molecule has 0 aromatic carbocycles. The summed E-state index contributed by atoms with van der Waals surface area (Å²) >= 11 is 1.87. The first-order valence-electron chi connectivity index (χ1n) is 7.04. The molecule has 0 radical (unpaired) electrons. The molecule has 1 rings (SSSR count). The molecule has 0 bridgehead atoms. The Bertz CT molecular complexity index is 345. The summed E-state index contributed by atoms with van der Waals surface area (Å²) in [5.74, 6) is 0. The smallest absolute Gasteiger partial charge is 0.0944 e. The second-order valence-electron chi connectivity index (χ2n) is 4.61. The van der Waals surface area contributed by atoms with Crippen LogP contribution in [-0.2, 0) is 6.42 Å². The van der Waals surface area contributed by atoms with Crippen molar-refractivity contribution in [2.75, 3.05) is 26.2 Å². The third-order valence-corrected chi connectivity index (χ3v) is 4.72. The van der Waals surface area contributed by atoms with E-state index in [2.05, 4.69) is 44.8 Å². The van der Waals surface area contributed by atoms with Gasteiger partial charge in [0.25, 0.3) is 0 Å². The predicted molar refractivity (Wildman–Crippen MR) is 80.4 cm³/mol. The van der Waals surface area contributed by atoms with Crippen LogP contribution in [0.2, 0.25) is 0 Å². The molecule has 3 nitrogen and oxygen atoms in total. The van der Waals surface area contributed by atoms with E-state index in [0.717, 1.165) is 32.6 Å². The van der Waals surface area contributed by atoms with Crippen molar-refractivity contribution < 1.29 is 0 Å². The third-order valence-electron chi connectivity index (χ3n) is 3.32. The molecule has 1 N–H and O–H groups in total. The van der Waals surface area contributed by atoms with Crippen molar-refractivity contribution in [3.05, 3.63) is 15.6 Å². The molecular formula is C14H27N3S. The van der Waals surface area contributed by atoms with Gasteiger partial charge in [0.2, 0.25) is 0 Å².